The largest absolute Gasteiger partial charge is 0.466 e. The van der Waals surface area contributed by atoms with E-state index < -0.39 is 0 Å². The molecule has 4 heteroatoms. The summed E-state index contributed by atoms with van der Waals surface area (Å²) in [5.74, 6) is 0.100. The second kappa shape index (κ2) is 5.51. The first-order chi connectivity index (χ1) is 10.2. The third kappa shape index (κ3) is 2.33. The molecule has 1 saturated carbocycles. The molecule has 21 heavy (non-hydrogen) atoms. The van der Waals surface area contributed by atoms with Gasteiger partial charge in [-0.15, -0.1) is 0 Å². The molecule has 1 aromatic rings. The van der Waals surface area contributed by atoms with Crippen LogP contribution in [0.3, 0.4) is 0 Å². The van der Waals surface area contributed by atoms with E-state index in [1.54, 1.807) is 0 Å². The summed E-state index contributed by atoms with van der Waals surface area (Å²) in [6.45, 7) is 2.26. The zero-order chi connectivity index (χ0) is 15.0. The molecule has 1 aromatic carbocycles. The quantitative estimate of drug-likeness (QED) is 0.802. The van der Waals surface area contributed by atoms with Gasteiger partial charge in [0.2, 0.25) is 0 Å². The van der Waals surface area contributed by atoms with E-state index in [0.29, 0.717) is 18.1 Å². The Hall–Kier alpha value is -1.84. The fraction of sp³-hybridized carbons (Fsp3) is 0.529. The normalized spacial score (nSPS) is 26.1. The van der Waals surface area contributed by atoms with Crippen molar-refractivity contribution in [1.29, 1.82) is 0 Å². The molecule has 2 aliphatic carbocycles. The van der Waals surface area contributed by atoms with Crippen molar-refractivity contribution in [3.63, 3.8) is 0 Å². The number of ether oxygens (including phenoxy) is 2. The average Bonchev–Trinajstić information content (AvgIpc) is 2.82. The van der Waals surface area contributed by atoms with Crippen molar-refractivity contribution >= 4 is 11.9 Å². The molecule has 0 spiro atoms. The molecular weight excluding hydrogens is 268 g/mol. The Balaban J connectivity index is 1.95. The number of rotatable bonds is 3. The second-order valence-corrected chi connectivity index (χ2v) is 5.83. The number of fused-ring (bicyclic) bond motifs is 4. The first-order valence-electron chi connectivity index (χ1n) is 7.53. The summed E-state index contributed by atoms with van der Waals surface area (Å²) in [5, 5.41) is 0. The molecule has 0 aliphatic heterocycles. The van der Waals surface area contributed by atoms with E-state index in [2.05, 4.69) is 0 Å². The van der Waals surface area contributed by atoms with Crippen LogP contribution in [-0.2, 0) is 20.7 Å². The van der Waals surface area contributed by atoms with E-state index in [9.17, 15) is 9.59 Å². The number of hydrogen-bond donors (Lipinski definition) is 0. The van der Waals surface area contributed by atoms with E-state index in [1.165, 1.54) is 12.7 Å². The summed E-state index contributed by atoms with van der Waals surface area (Å²) in [4.78, 5) is 23.9. The van der Waals surface area contributed by atoms with Crippen LogP contribution in [0, 0.1) is 11.8 Å². The Kier molecular flexibility index (Phi) is 3.70. The van der Waals surface area contributed by atoms with Crippen molar-refractivity contribution in [3.8, 4) is 0 Å². The molecule has 1 fully saturated rings. The Morgan fingerprint density at radius 3 is 2.81 bits per heavy atom. The molecule has 3 unspecified atom stereocenters. The van der Waals surface area contributed by atoms with Gasteiger partial charge in [0.05, 0.1) is 25.2 Å². The maximum atomic E-state index is 12.2. The standard InChI is InChI=1S/C17H20O4/c1-3-21-17(19)15-11-6-7-13(15)14-9-12(16(18)20-2)5-4-10(14)8-11/h4-5,9,11,13,15H,3,6-8H2,1-2H3. The molecule has 0 aromatic heterocycles. The van der Waals surface area contributed by atoms with Crippen molar-refractivity contribution in [3.05, 3.63) is 34.9 Å². The minimum absolute atomic E-state index is 0.0506. The highest BCUT2D eigenvalue weighted by molar-refractivity contribution is 5.89. The Morgan fingerprint density at radius 1 is 1.29 bits per heavy atom. The van der Waals surface area contributed by atoms with E-state index in [0.717, 1.165) is 24.8 Å². The first kappa shape index (κ1) is 14.1. The number of benzene rings is 1. The fourth-order valence-electron chi connectivity index (χ4n) is 3.91. The molecule has 112 valence electrons. The predicted molar refractivity (Wildman–Crippen MR) is 77.1 cm³/mol. The van der Waals surface area contributed by atoms with Crippen LogP contribution in [0.4, 0.5) is 0 Å². The van der Waals surface area contributed by atoms with Crippen molar-refractivity contribution in [2.24, 2.45) is 11.8 Å². The summed E-state index contributed by atoms with van der Waals surface area (Å²) >= 11 is 0. The van der Waals surface area contributed by atoms with Crippen molar-refractivity contribution in [2.75, 3.05) is 13.7 Å². The van der Waals surface area contributed by atoms with Gasteiger partial charge in [-0.3, -0.25) is 4.79 Å². The van der Waals surface area contributed by atoms with Gasteiger partial charge in [0.1, 0.15) is 0 Å². The third-order valence-electron chi connectivity index (χ3n) is 4.80. The lowest BCUT2D eigenvalue weighted by atomic mass is 9.74. The summed E-state index contributed by atoms with van der Waals surface area (Å²) in [7, 11) is 1.38. The van der Waals surface area contributed by atoms with Gasteiger partial charge in [0.25, 0.3) is 0 Å². The molecule has 2 bridgehead atoms. The molecule has 0 N–H and O–H groups in total. The topological polar surface area (TPSA) is 52.6 Å². The molecule has 0 saturated heterocycles. The number of esters is 2. The van der Waals surface area contributed by atoms with Crippen LogP contribution in [-0.4, -0.2) is 25.7 Å². The van der Waals surface area contributed by atoms with E-state index in [4.69, 9.17) is 9.47 Å². The molecule has 0 radical (unpaired) electrons. The zero-order valence-corrected chi connectivity index (χ0v) is 12.4. The van der Waals surface area contributed by atoms with Crippen molar-refractivity contribution in [2.45, 2.75) is 32.1 Å². The lowest BCUT2D eigenvalue weighted by molar-refractivity contribution is -0.150. The SMILES string of the molecule is CCOC(=O)C1C2CCC1c1cc(C(=O)OC)ccc1C2. The second-order valence-electron chi connectivity index (χ2n) is 5.83. The lowest BCUT2D eigenvalue weighted by Crippen LogP contribution is -2.31. The summed E-state index contributed by atoms with van der Waals surface area (Å²) in [6, 6.07) is 5.72. The predicted octanol–water partition coefficient (Wildman–Crippen LogP) is 2.70. The van der Waals surface area contributed by atoms with Gasteiger partial charge in [0, 0.05) is 0 Å². The van der Waals surface area contributed by atoms with Gasteiger partial charge in [-0.05, 0) is 61.3 Å². The molecule has 3 atom stereocenters. The van der Waals surface area contributed by atoms with E-state index >= 15 is 0 Å². The number of carbonyl (C=O) groups excluding carboxylic acids is 2. The molecular formula is C17H20O4. The Labute approximate surface area is 124 Å². The molecule has 4 nitrogen and oxygen atoms in total. The lowest BCUT2D eigenvalue weighted by Gasteiger charge is -2.30. The van der Waals surface area contributed by atoms with Crippen LogP contribution in [0.2, 0.25) is 0 Å². The van der Waals surface area contributed by atoms with Crippen LogP contribution >= 0.6 is 0 Å². The van der Waals surface area contributed by atoms with E-state index in [-0.39, 0.29) is 23.8 Å². The van der Waals surface area contributed by atoms with Gasteiger partial charge in [-0.1, -0.05) is 6.07 Å². The smallest absolute Gasteiger partial charge is 0.337 e. The minimum atomic E-state index is -0.328. The number of methoxy groups -OCH3 is 1. The van der Waals surface area contributed by atoms with Crippen LogP contribution in [0.5, 0.6) is 0 Å². The van der Waals surface area contributed by atoms with E-state index in [1.807, 2.05) is 25.1 Å². The third-order valence-corrected chi connectivity index (χ3v) is 4.80. The van der Waals surface area contributed by atoms with Crippen LogP contribution in [0.1, 0.15) is 47.2 Å². The Morgan fingerprint density at radius 2 is 2.10 bits per heavy atom. The minimum Gasteiger partial charge on any atom is -0.466 e. The van der Waals surface area contributed by atoms with Crippen LogP contribution in [0.25, 0.3) is 0 Å². The zero-order valence-electron chi connectivity index (χ0n) is 12.4. The summed E-state index contributed by atoms with van der Waals surface area (Å²) < 4.78 is 10.0. The number of hydrogen-bond acceptors (Lipinski definition) is 4. The first-order valence-corrected chi connectivity index (χ1v) is 7.53. The fourth-order valence-corrected chi connectivity index (χ4v) is 3.91. The number of carbonyl (C=O) groups is 2. The Bertz CT molecular complexity index is 578. The van der Waals surface area contributed by atoms with Gasteiger partial charge >= 0.3 is 11.9 Å². The molecule has 0 heterocycles. The molecule has 0 amide bonds. The van der Waals surface area contributed by atoms with Crippen LogP contribution < -0.4 is 0 Å². The van der Waals surface area contributed by atoms with Gasteiger partial charge in [0.15, 0.2) is 0 Å². The van der Waals surface area contributed by atoms with Gasteiger partial charge in [-0.2, -0.15) is 0 Å². The summed E-state index contributed by atoms with van der Waals surface area (Å²) in [6.07, 6.45) is 2.94. The highest BCUT2D eigenvalue weighted by atomic mass is 16.5. The highest BCUT2D eigenvalue weighted by Crippen LogP contribution is 2.51. The summed E-state index contributed by atoms with van der Waals surface area (Å²) in [5.41, 5.74) is 2.95. The molecule has 2 aliphatic rings. The monoisotopic (exact) mass is 288 g/mol. The van der Waals surface area contributed by atoms with Gasteiger partial charge < -0.3 is 9.47 Å². The van der Waals surface area contributed by atoms with Crippen molar-refractivity contribution in [1.82, 2.24) is 0 Å². The van der Waals surface area contributed by atoms with Gasteiger partial charge in [-0.25, -0.2) is 4.79 Å². The van der Waals surface area contributed by atoms with Crippen molar-refractivity contribution < 1.29 is 19.1 Å². The molecule has 3 rings (SSSR count). The maximum absolute atomic E-state index is 12.2. The average molecular weight is 288 g/mol. The maximum Gasteiger partial charge on any atom is 0.337 e. The van der Waals surface area contributed by atoms with Crippen LogP contribution in [0.15, 0.2) is 18.2 Å². The highest BCUT2D eigenvalue weighted by Gasteiger charge is 2.46.